The number of esters is 1. The van der Waals surface area contributed by atoms with Crippen molar-refractivity contribution in [1.29, 1.82) is 0 Å². The Labute approximate surface area is 192 Å². The van der Waals surface area contributed by atoms with Gasteiger partial charge in [-0.15, -0.1) is 0 Å². The molecule has 1 aromatic heterocycles. The molecule has 1 saturated carbocycles. The molecule has 1 unspecified atom stereocenters. The van der Waals surface area contributed by atoms with Gasteiger partial charge in [0.15, 0.2) is 5.69 Å². The minimum absolute atomic E-state index is 0.00665. The molecule has 33 heavy (non-hydrogen) atoms. The Bertz CT molecular complexity index is 1060. The Balaban J connectivity index is 1.73. The standard InChI is InChI=1S/C24H29FN4O4/c1-3-33-22(31)19-14-20-21(30)29(18-12-8-9-16(25)13-18)24(2,15-28(20)27-19)23(32)26-17-10-6-4-5-7-11-17/h8-9,12-14,17H,3-7,10-11,15H2,1-2H3,(H,26,32). The number of aromatic nitrogens is 2. The minimum Gasteiger partial charge on any atom is -0.461 e. The van der Waals surface area contributed by atoms with Crippen molar-refractivity contribution in [3.8, 4) is 0 Å². The van der Waals surface area contributed by atoms with Crippen molar-refractivity contribution in [2.24, 2.45) is 0 Å². The van der Waals surface area contributed by atoms with Crippen molar-refractivity contribution in [1.82, 2.24) is 15.1 Å². The fourth-order valence-corrected chi connectivity index (χ4v) is 4.67. The second-order valence-electron chi connectivity index (χ2n) is 8.85. The lowest BCUT2D eigenvalue weighted by molar-refractivity contribution is -0.127. The van der Waals surface area contributed by atoms with Crippen LogP contribution in [-0.2, 0) is 16.1 Å². The van der Waals surface area contributed by atoms with Gasteiger partial charge in [-0.25, -0.2) is 9.18 Å². The predicted molar refractivity (Wildman–Crippen MR) is 119 cm³/mol. The van der Waals surface area contributed by atoms with E-state index in [4.69, 9.17) is 4.74 Å². The van der Waals surface area contributed by atoms with Gasteiger partial charge in [0, 0.05) is 17.8 Å². The summed E-state index contributed by atoms with van der Waals surface area (Å²) in [6.07, 6.45) is 6.14. The highest BCUT2D eigenvalue weighted by molar-refractivity contribution is 6.12. The number of halogens is 1. The van der Waals surface area contributed by atoms with Gasteiger partial charge in [0.2, 0.25) is 5.91 Å². The van der Waals surface area contributed by atoms with Crippen LogP contribution in [0.3, 0.4) is 0 Å². The Morgan fingerprint density at radius 1 is 1.21 bits per heavy atom. The third kappa shape index (κ3) is 4.49. The van der Waals surface area contributed by atoms with E-state index in [0.717, 1.165) is 38.5 Å². The van der Waals surface area contributed by atoms with Gasteiger partial charge in [0.25, 0.3) is 5.91 Å². The molecular formula is C24H29FN4O4. The monoisotopic (exact) mass is 456 g/mol. The molecule has 0 bridgehead atoms. The first-order chi connectivity index (χ1) is 15.8. The molecule has 1 fully saturated rings. The average molecular weight is 457 g/mol. The molecule has 8 nitrogen and oxygen atoms in total. The second kappa shape index (κ2) is 9.33. The minimum atomic E-state index is -1.37. The van der Waals surface area contributed by atoms with Gasteiger partial charge in [-0.1, -0.05) is 31.7 Å². The first-order valence-electron chi connectivity index (χ1n) is 11.5. The molecule has 0 radical (unpaired) electrons. The summed E-state index contributed by atoms with van der Waals surface area (Å²) in [7, 11) is 0. The number of hydrogen-bond donors (Lipinski definition) is 1. The quantitative estimate of drug-likeness (QED) is 0.549. The lowest BCUT2D eigenvalue weighted by Crippen LogP contribution is -2.65. The lowest BCUT2D eigenvalue weighted by Gasteiger charge is -2.43. The zero-order valence-electron chi connectivity index (χ0n) is 19.0. The summed E-state index contributed by atoms with van der Waals surface area (Å²) >= 11 is 0. The summed E-state index contributed by atoms with van der Waals surface area (Å²) in [5.74, 6) is -2.02. The van der Waals surface area contributed by atoms with Crippen LogP contribution in [-0.4, -0.2) is 45.8 Å². The second-order valence-corrected chi connectivity index (χ2v) is 8.85. The SMILES string of the molecule is CCOC(=O)c1cc2n(n1)CC(C)(C(=O)NC1CCCCCC1)N(c1cccc(F)c1)C2=O. The fourth-order valence-electron chi connectivity index (χ4n) is 4.67. The summed E-state index contributed by atoms with van der Waals surface area (Å²) < 4.78 is 20.5. The van der Waals surface area contributed by atoms with Gasteiger partial charge < -0.3 is 10.1 Å². The van der Waals surface area contributed by atoms with Crippen LogP contribution < -0.4 is 10.2 Å². The topological polar surface area (TPSA) is 93.5 Å². The van der Waals surface area contributed by atoms with Crippen LogP contribution >= 0.6 is 0 Å². The van der Waals surface area contributed by atoms with E-state index in [2.05, 4.69) is 10.4 Å². The maximum absolute atomic E-state index is 14.1. The van der Waals surface area contributed by atoms with E-state index in [1.54, 1.807) is 19.9 Å². The predicted octanol–water partition coefficient (Wildman–Crippen LogP) is 3.46. The van der Waals surface area contributed by atoms with Crippen molar-refractivity contribution in [3.63, 3.8) is 0 Å². The number of fused-ring (bicyclic) bond motifs is 1. The van der Waals surface area contributed by atoms with E-state index in [9.17, 15) is 18.8 Å². The van der Waals surface area contributed by atoms with Crippen molar-refractivity contribution < 1.29 is 23.5 Å². The van der Waals surface area contributed by atoms with Crippen LogP contribution in [0, 0.1) is 5.82 Å². The molecule has 4 rings (SSSR count). The summed E-state index contributed by atoms with van der Waals surface area (Å²) in [5.41, 5.74) is -0.971. The third-order valence-electron chi connectivity index (χ3n) is 6.38. The van der Waals surface area contributed by atoms with Crippen molar-refractivity contribution in [3.05, 3.63) is 47.5 Å². The number of anilines is 1. The van der Waals surface area contributed by atoms with Crippen molar-refractivity contribution in [2.45, 2.75) is 70.5 Å². The molecule has 1 aliphatic carbocycles. The van der Waals surface area contributed by atoms with Gasteiger partial charge >= 0.3 is 5.97 Å². The Morgan fingerprint density at radius 2 is 1.94 bits per heavy atom. The summed E-state index contributed by atoms with van der Waals surface area (Å²) in [5, 5.41) is 7.37. The highest BCUT2D eigenvalue weighted by atomic mass is 19.1. The van der Waals surface area contributed by atoms with Gasteiger partial charge in [0.1, 0.15) is 17.1 Å². The largest absolute Gasteiger partial charge is 0.461 e. The van der Waals surface area contributed by atoms with Crippen LogP contribution in [0.5, 0.6) is 0 Å². The van der Waals surface area contributed by atoms with Crippen molar-refractivity contribution in [2.75, 3.05) is 11.5 Å². The zero-order valence-corrected chi connectivity index (χ0v) is 19.0. The van der Waals surface area contributed by atoms with E-state index in [1.165, 1.54) is 33.8 Å². The van der Waals surface area contributed by atoms with E-state index in [1.807, 2.05) is 0 Å². The first-order valence-corrected chi connectivity index (χ1v) is 11.5. The van der Waals surface area contributed by atoms with E-state index < -0.39 is 23.2 Å². The molecule has 9 heteroatoms. The molecule has 2 aromatic rings. The molecule has 2 aliphatic rings. The number of benzene rings is 1. The first kappa shape index (κ1) is 22.9. The molecule has 2 amide bonds. The van der Waals surface area contributed by atoms with Gasteiger partial charge in [-0.3, -0.25) is 19.2 Å². The summed E-state index contributed by atoms with van der Waals surface area (Å²) in [6.45, 7) is 3.52. The molecule has 1 atom stereocenters. The van der Waals surface area contributed by atoms with E-state index in [0.29, 0.717) is 0 Å². The normalized spacial score (nSPS) is 21.3. The number of carbonyl (C=O) groups excluding carboxylic acids is 3. The Kier molecular flexibility index (Phi) is 6.49. The fraction of sp³-hybridized carbons (Fsp3) is 0.500. The summed E-state index contributed by atoms with van der Waals surface area (Å²) in [6, 6.07) is 6.98. The molecule has 1 N–H and O–H groups in total. The van der Waals surface area contributed by atoms with Gasteiger partial charge in [-0.05, 0) is 44.9 Å². The molecule has 176 valence electrons. The lowest BCUT2D eigenvalue weighted by atomic mass is 9.93. The number of amides is 2. The maximum Gasteiger partial charge on any atom is 0.358 e. The van der Waals surface area contributed by atoms with Crippen LogP contribution in [0.2, 0.25) is 0 Å². The highest BCUT2D eigenvalue weighted by Crippen LogP contribution is 2.33. The van der Waals surface area contributed by atoms with Crippen LogP contribution in [0.4, 0.5) is 10.1 Å². The number of rotatable bonds is 5. The van der Waals surface area contributed by atoms with Crippen molar-refractivity contribution >= 4 is 23.5 Å². The average Bonchev–Trinajstić information content (AvgIpc) is 3.03. The Hall–Kier alpha value is -3.23. The molecule has 1 aromatic carbocycles. The van der Waals surface area contributed by atoms with Gasteiger partial charge in [-0.2, -0.15) is 5.10 Å². The molecule has 2 heterocycles. The highest BCUT2D eigenvalue weighted by Gasteiger charge is 2.49. The zero-order chi connectivity index (χ0) is 23.6. The van der Waals surface area contributed by atoms with Crippen LogP contribution in [0.15, 0.2) is 30.3 Å². The Morgan fingerprint density at radius 3 is 2.61 bits per heavy atom. The maximum atomic E-state index is 14.1. The number of nitrogens with zero attached hydrogens (tertiary/aromatic N) is 3. The number of nitrogens with one attached hydrogen (secondary N) is 1. The molecular weight excluding hydrogens is 427 g/mol. The number of carbonyl (C=O) groups is 3. The van der Waals surface area contributed by atoms with Crippen LogP contribution in [0.1, 0.15) is 73.3 Å². The van der Waals surface area contributed by atoms with Crippen LogP contribution in [0.25, 0.3) is 0 Å². The van der Waals surface area contributed by atoms with E-state index >= 15 is 0 Å². The molecule has 0 spiro atoms. The molecule has 0 saturated heterocycles. The smallest absolute Gasteiger partial charge is 0.358 e. The number of hydrogen-bond acceptors (Lipinski definition) is 5. The summed E-state index contributed by atoms with van der Waals surface area (Å²) in [4.78, 5) is 40.8. The third-order valence-corrected chi connectivity index (χ3v) is 6.38. The molecule has 1 aliphatic heterocycles. The number of ether oxygens (including phenoxy) is 1. The van der Waals surface area contributed by atoms with Gasteiger partial charge in [0.05, 0.1) is 13.2 Å². The van der Waals surface area contributed by atoms with E-state index in [-0.39, 0.29) is 42.2 Å².